The van der Waals surface area contributed by atoms with Crippen molar-refractivity contribution in [3.63, 3.8) is 0 Å². The van der Waals surface area contributed by atoms with E-state index >= 15 is 0 Å². The Labute approximate surface area is 304 Å². The van der Waals surface area contributed by atoms with Crippen molar-refractivity contribution < 1.29 is 4.42 Å². The lowest BCUT2D eigenvalue weighted by Crippen LogP contribution is -2.56. The predicted octanol–water partition coefficient (Wildman–Crippen LogP) is 12.1. The number of rotatable bonds is 1. The summed E-state index contributed by atoms with van der Waals surface area (Å²) in [5.41, 5.74) is 16.4. The summed E-state index contributed by atoms with van der Waals surface area (Å²) in [7, 11) is 0. The molecule has 0 aliphatic carbocycles. The number of hydrogen-bond acceptors (Lipinski definition) is 3. The Morgan fingerprint density at radius 2 is 1.29 bits per heavy atom. The number of benzene rings is 5. The van der Waals surface area contributed by atoms with Gasteiger partial charge in [0, 0.05) is 48.9 Å². The van der Waals surface area contributed by atoms with E-state index in [4.69, 9.17) is 4.42 Å². The first-order chi connectivity index (χ1) is 24.2. The highest BCUT2D eigenvalue weighted by Gasteiger charge is 2.45. The van der Waals surface area contributed by atoms with Crippen molar-refractivity contribution in [1.82, 2.24) is 4.48 Å². The summed E-state index contributed by atoms with van der Waals surface area (Å²) in [6.45, 7) is 20.8. The average molecular weight is 683 g/mol. The van der Waals surface area contributed by atoms with Crippen LogP contribution in [0, 0.1) is 0 Å². The summed E-state index contributed by atoms with van der Waals surface area (Å²) in [6, 6.07) is 34.6. The van der Waals surface area contributed by atoms with E-state index in [2.05, 4.69) is 168 Å². The second kappa shape index (κ2) is 9.98. The Hall–Kier alpha value is -4.74. The largest absolute Gasteiger partial charge is 0.455 e. The Morgan fingerprint density at radius 1 is 0.627 bits per heavy atom. The molecule has 0 saturated heterocycles. The Bertz CT molecular complexity index is 2760. The van der Waals surface area contributed by atoms with Crippen molar-refractivity contribution in [3.05, 3.63) is 113 Å². The number of para-hydroxylation sites is 1. The number of hydrogen-bond donors (Lipinski definition) is 0. The van der Waals surface area contributed by atoms with Crippen LogP contribution in [-0.4, -0.2) is 11.3 Å². The Balaban J connectivity index is 1.36. The van der Waals surface area contributed by atoms with Crippen LogP contribution in [0.15, 0.2) is 101 Å². The van der Waals surface area contributed by atoms with Gasteiger partial charge in [-0.1, -0.05) is 111 Å². The molecule has 51 heavy (non-hydrogen) atoms. The fourth-order valence-electron chi connectivity index (χ4n) is 8.71. The van der Waals surface area contributed by atoms with E-state index < -0.39 is 0 Å². The normalized spacial score (nSPS) is 14.3. The smallest absolute Gasteiger partial charge is 0.333 e. The summed E-state index contributed by atoms with van der Waals surface area (Å²) in [5.74, 6) is 0. The van der Waals surface area contributed by atoms with Gasteiger partial charge in [0.25, 0.3) is 0 Å². The van der Waals surface area contributed by atoms with Gasteiger partial charge in [-0.25, -0.2) is 0 Å². The van der Waals surface area contributed by atoms with Gasteiger partial charge in [-0.05, 0) is 86.3 Å². The number of nitrogens with zero attached hydrogens (tertiary/aromatic N) is 2. The fourth-order valence-corrected chi connectivity index (χ4v) is 9.80. The maximum absolute atomic E-state index is 6.84. The number of thiophene rings is 1. The first-order valence-electron chi connectivity index (χ1n) is 18.3. The van der Waals surface area contributed by atoms with Crippen molar-refractivity contribution in [3.8, 4) is 10.4 Å². The van der Waals surface area contributed by atoms with Crippen LogP contribution in [-0.2, 0) is 16.2 Å². The SMILES string of the molecule is CC(C)(C)c1ccc(N2c3ccc(C(C)(C)C)cc3B3c4c2csc4-c2cc4c5ccccc5oc4c4c5cc(C(C)(C)C)ccc5n3c24)cc1. The average Bonchev–Trinajstić information content (AvgIpc) is 3.78. The maximum Gasteiger partial charge on any atom is 0.333 e. The molecule has 0 fully saturated rings. The van der Waals surface area contributed by atoms with E-state index in [1.165, 1.54) is 87.7 Å². The van der Waals surface area contributed by atoms with Crippen LogP contribution in [0.3, 0.4) is 0 Å². The molecule has 0 bridgehead atoms. The predicted molar refractivity (Wildman–Crippen MR) is 221 cm³/mol. The molecule has 0 atom stereocenters. The fraction of sp³-hybridized carbons (Fsp3) is 0.261. The monoisotopic (exact) mass is 682 g/mol. The van der Waals surface area contributed by atoms with E-state index in [0.29, 0.717) is 0 Å². The second-order valence-electron chi connectivity index (χ2n) is 17.9. The van der Waals surface area contributed by atoms with Crippen molar-refractivity contribution in [2.45, 2.75) is 78.6 Å². The molecule has 3 aromatic heterocycles. The molecule has 2 aliphatic rings. The van der Waals surface area contributed by atoms with E-state index in [9.17, 15) is 0 Å². The third-order valence-corrected chi connectivity index (χ3v) is 12.5. The zero-order valence-corrected chi connectivity index (χ0v) is 31.8. The molecule has 0 radical (unpaired) electrons. The molecule has 252 valence electrons. The lowest BCUT2D eigenvalue weighted by molar-refractivity contribution is 0.590. The molecule has 0 N–H and O–H groups in total. The van der Waals surface area contributed by atoms with Crippen LogP contribution in [0.25, 0.3) is 54.2 Å². The van der Waals surface area contributed by atoms with E-state index in [-0.39, 0.29) is 23.1 Å². The second-order valence-corrected chi connectivity index (χ2v) is 18.8. The number of anilines is 3. The van der Waals surface area contributed by atoms with E-state index in [1.54, 1.807) is 0 Å². The minimum Gasteiger partial charge on any atom is -0.455 e. The molecule has 0 spiro atoms. The standard InChI is InChI=1S/C46H43BN2OS/c1-44(2,3)26-14-18-29(19-15-26)48-36-21-17-28(46(7,8)9)23-34(36)47-40-37(48)25-51-43(40)33-24-31-30-12-10-11-13-38(30)50-42(31)39-32-22-27(45(4,5)6)16-20-35(32)49(47)41(33)39/h10-25H,1-9H3. The van der Waals surface area contributed by atoms with Gasteiger partial charge in [-0.15, -0.1) is 11.3 Å². The molecule has 3 nitrogen and oxygen atoms in total. The highest BCUT2D eigenvalue weighted by atomic mass is 32.1. The van der Waals surface area contributed by atoms with Crippen molar-refractivity contribution >= 4 is 89.9 Å². The topological polar surface area (TPSA) is 21.3 Å². The molecule has 5 heterocycles. The van der Waals surface area contributed by atoms with Gasteiger partial charge in [0.2, 0.25) is 0 Å². The van der Waals surface area contributed by atoms with Gasteiger partial charge in [0.1, 0.15) is 11.2 Å². The first kappa shape index (κ1) is 31.0. The lowest BCUT2D eigenvalue weighted by atomic mass is 9.46. The van der Waals surface area contributed by atoms with Gasteiger partial charge in [0.05, 0.1) is 16.6 Å². The van der Waals surface area contributed by atoms with Crippen LogP contribution < -0.4 is 15.8 Å². The van der Waals surface area contributed by atoms with Gasteiger partial charge in [0.15, 0.2) is 0 Å². The van der Waals surface area contributed by atoms with Crippen LogP contribution in [0.4, 0.5) is 17.1 Å². The van der Waals surface area contributed by atoms with Crippen molar-refractivity contribution in [2.24, 2.45) is 0 Å². The molecule has 2 aliphatic heterocycles. The van der Waals surface area contributed by atoms with Crippen molar-refractivity contribution in [1.29, 1.82) is 0 Å². The van der Waals surface area contributed by atoms with Gasteiger partial charge in [-0.2, -0.15) is 0 Å². The molecule has 0 saturated carbocycles. The zero-order valence-electron chi connectivity index (χ0n) is 31.0. The van der Waals surface area contributed by atoms with Crippen LogP contribution in [0.5, 0.6) is 0 Å². The molecule has 5 aromatic carbocycles. The third kappa shape index (κ3) is 4.25. The van der Waals surface area contributed by atoms with Crippen LogP contribution >= 0.6 is 11.3 Å². The zero-order chi connectivity index (χ0) is 35.4. The quantitative estimate of drug-likeness (QED) is 0.161. The molecule has 5 heteroatoms. The number of aromatic nitrogens is 1. The highest BCUT2D eigenvalue weighted by molar-refractivity contribution is 7.17. The third-order valence-electron chi connectivity index (χ3n) is 11.5. The summed E-state index contributed by atoms with van der Waals surface area (Å²) in [4.78, 5) is 3.89. The molecular formula is C46H43BN2OS. The molecule has 0 amide bonds. The van der Waals surface area contributed by atoms with E-state index in [0.717, 1.165) is 11.2 Å². The van der Waals surface area contributed by atoms with E-state index in [1.807, 2.05) is 11.3 Å². The summed E-state index contributed by atoms with van der Waals surface area (Å²) < 4.78 is 9.51. The summed E-state index contributed by atoms with van der Waals surface area (Å²) >= 11 is 1.89. The molecule has 8 aromatic rings. The Kier molecular flexibility index (Phi) is 6.07. The van der Waals surface area contributed by atoms with Gasteiger partial charge >= 0.3 is 6.85 Å². The minimum absolute atomic E-state index is 0.00860. The van der Waals surface area contributed by atoms with Gasteiger partial charge < -0.3 is 13.8 Å². The summed E-state index contributed by atoms with van der Waals surface area (Å²) in [5, 5.41) is 7.27. The van der Waals surface area contributed by atoms with Crippen LogP contribution in [0.2, 0.25) is 0 Å². The minimum atomic E-state index is 0.00860. The first-order valence-corrected chi connectivity index (χ1v) is 19.2. The Morgan fingerprint density at radius 3 is 2.02 bits per heavy atom. The van der Waals surface area contributed by atoms with Crippen molar-refractivity contribution in [2.75, 3.05) is 4.90 Å². The maximum atomic E-state index is 6.84. The molecular weight excluding hydrogens is 639 g/mol. The summed E-state index contributed by atoms with van der Waals surface area (Å²) in [6.07, 6.45) is 0. The number of fused-ring (bicyclic) bond motifs is 11. The van der Waals surface area contributed by atoms with Crippen LogP contribution in [0.1, 0.15) is 79.0 Å². The highest BCUT2D eigenvalue weighted by Crippen LogP contribution is 2.51. The number of furan rings is 1. The molecule has 10 rings (SSSR count). The lowest BCUT2D eigenvalue weighted by Gasteiger charge is -2.39. The molecule has 0 unspecified atom stereocenters. The van der Waals surface area contributed by atoms with Gasteiger partial charge in [-0.3, -0.25) is 0 Å².